The van der Waals surface area contributed by atoms with Gasteiger partial charge in [-0.2, -0.15) is 0 Å². The van der Waals surface area contributed by atoms with Gasteiger partial charge in [-0.15, -0.1) is 0 Å². The molecule has 5 nitrogen and oxygen atoms in total. The van der Waals surface area contributed by atoms with Crippen molar-refractivity contribution < 1.29 is 9.59 Å². The van der Waals surface area contributed by atoms with Crippen LogP contribution >= 0.6 is 0 Å². The van der Waals surface area contributed by atoms with Gasteiger partial charge in [0.25, 0.3) is 0 Å². The summed E-state index contributed by atoms with van der Waals surface area (Å²) in [5, 5.41) is 3.27. The van der Waals surface area contributed by atoms with E-state index in [2.05, 4.69) is 11.4 Å². The monoisotopic (exact) mass is 339 g/mol. The van der Waals surface area contributed by atoms with Gasteiger partial charge in [-0.05, 0) is 55.5 Å². The number of nitrogens with one attached hydrogen (secondary N) is 1. The quantitative estimate of drug-likeness (QED) is 0.820. The predicted molar refractivity (Wildman–Crippen MR) is 97.9 cm³/mol. The van der Waals surface area contributed by atoms with Crippen molar-refractivity contribution in [3.8, 4) is 0 Å². The van der Waals surface area contributed by atoms with Crippen LogP contribution in [0, 0.1) is 5.92 Å². The lowest BCUT2D eigenvalue weighted by Crippen LogP contribution is -2.47. The number of anilines is 1. The summed E-state index contributed by atoms with van der Waals surface area (Å²) in [5.41, 5.74) is 10.1. The lowest BCUT2D eigenvalue weighted by Gasteiger charge is -2.24. The number of fused-ring (bicyclic) bond motifs is 1. The van der Waals surface area contributed by atoms with Gasteiger partial charge in [0.15, 0.2) is 0 Å². The minimum Gasteiger partial charge on any atom is -0.399 e. The van der Waals surface area contributed by atoms with Crippen LogP contribution < -0.4 is 11.1 Å². The summed E-state index contributed by atoms with van der Waals surface area (Å²) in [6.45, 7) is 2.41. The van der Waals surface area contributed by atoms with E-state index in [1.54, 1.807) is 0 Å². The summed E-state index contributed by atoms with van der Waals surface area (Å²) >= 11 is 0. The molecule has 1 aromatic carbocycles. The molecule has 1 unspecified atom stereocenters. The molecule has 5 heteroatoms. The second-order valence-electron chi connectivity index (χ2n) is 7.44. The maximum absolute atomic E-state index is 12.9. The van der Waals surface area contributed by atoms with Crippen molar-refractivity contribution >= 4 is 23.5 Å². The fourth-order valence-electron chi connectivity index (χ4n) is 4.34. The molecule has 4 rings (SSSR count). The number of carbonyl (C=O) groups is 2. The number of benzene rings is 1. The Morgan fingerprint density at radius 2 is 2.04 bits per heavy atom. The molecule has 2 fully saturated rings. The van der Waals surface area contributed by atoms with Crippen molar-refractivity contribution in [2.24, 2.45) is 5.92 Å². The van der Waals surface area contributed by atoms with E-state index in [1.165, 1.54) is 5.56 Å². The standard InChI is InChI=1S/C20H25N3O2/c21-16-4-3-14-9-13(10-15(14)12-16)11-18(24)17-5-6-22-19(17)20(25)23-7-1-2-8-23/h3-4,10,12,17,19,22H,1-2,5-9,11,21H2/t17?,19-/m1/s1. The van der Waals surface area contributed by atoms with Gasteiger partial charge in [0.2, 0.25) is 5.91 Å². The first kappa shape index (κ1) is 16.3. The van der Waals surface area contributed by atoms with Crippen LogP contribution in [0.4, 0.5) is 5.69 Å². The number of hydrogen-bond acceptors (Lipinski definition) is 4. The lowest BCUT2D eigenvalue weighted by atomic mass is 9.90. The highest BCUT2D eigenvalue weighted by atomic mass is 16.2. The molecule has 1 amide bonds. The van der Waals surface area contributed by atoms with Gasteiger partial charge < -0.3 is 16.0 Å². The van der Waals surface area contributed by atoms with Crippen molar-refractivity contribution in [1.29, 1.82) is 0 Å². The molecule has 0 spiro atoms. The Labute approximate surface area is 148 Å². The molecule has 2 heterocycles. The summed E-state index contributed by atoms with van der Waals surface area (Å²) in [5.74, 6) is 0.113. The molecular formula is C20H25N3O2. The van der Waals surface area contributed by atoms with E-state index >= 15 is 0 Å². The zero-order valence-electron chi connectivity index (χ0n) is 14.5. The van der Waals surface area contributed by atoms with Crippen molar-refractivity contribution in [3.05, 3.63) is 34.9 Å². The SMILES string of the molecule is Nc1ccc2c(c1)C=C(CC(=O)C1CCN[C@H]1C(=O)N1CCCC1)C2. The molecule has 0 radical (unpaired) electrons. The molecule has 2 atom stereocenters. The van der Waals surface area contributed by atoms with E-state index in [0.29, 0.717) is 6.42 Å². The van der Waals surface area contributed by atoms with Crippen molar-refractivity contribution in [1.82, 2.24) is 10.2 Å². The van der Waals surface area contributed by atoms with Gasteiger partial charge in [-0.1, -0.05) is 17.7 Å². The van der Waals surface area contributed by atoms with Gasteiger partial charge in [0.1, 0.15) is 5.78 Å². The third-order valence-corrected chi connectivity index (χ3v) is 5.67. The van der Waals surface area contributed by atoms with Gasteiger partial charge in [0.05, 0.1) is 6.04 Å². The number of rotatable bonds is 4. The summed E-state index contributed by atoms with van der Waals surface area (Å²) in [7, 11) is 0. The second-order valence-corrected chi connectivity index (χ2v) is 7.44. The highest BCUT2D eigenvalue weighted by Crippen LogP contribution is 2.31. The summed E-state index contributed by atoms with van der Waals surface area (Å²) < 4.78 is 0. The first-order valence-corrected chi connectivity index (χ1v) is 9.24. The van der Waals surface area contributed by atoms with Gasteiger partial charge in [-0.25, -0.2) is 0 Å². The van der Waals surface area contributed by atoms with E-state index in [0.717, 1.165) is 62.1 Å². The van der Waals surface area contributed by atoms with Gasteiger partial charge in [0, 0.05) is 31.1 Å². The summed E-state index contributed by atoms with van der Waals surface area (Å²) in [4.78, 5) is 27.5. The van der Waals surface area contributed by atoms with E-state index in [-0.39, 0.29) is 23.7 Å². The molecule has 0 aromatic heterocycles. The largest absolute Gasteiger partial charge is 0.399 e. The highest BCUT2D eigenvalue weighted by molar-refractivity contribution is 5.93. The minimum atomic E-state index is -0.328. The predicted octanol–water partition coefficient (Wildman–Crippen LogP) is 1.77. The number of nitrogens with zero attached hydrogens (tertiary/aromatic N) is 1. The van der Waals surface area contributed by atoms with Crippen LogP contribution in [0.15, 0.2) is 23.8 Å². The van der Waals surface area contributed by atoms with E-state index in [4.69, 9.17) is 5.73 Å². The molecule has 3 aliphatic rings. The van der Waals surface area contributed by atoms with Crippen LogP contribution in [0.1, 0.15) is 36.8 Å². The molecule has 0 bridgehead atoms. The fraction of sp³-hybridized carbons (Fsp3) is 0.500. The molecule has 0 saturated carbocycles. The zero-order chi connectivity index (χ0) is 17.4. The molecule has 25 heavy (non-hydrogen) atoms. The van der Waals surface area contributed by atoms with E-state index in [1.807, 2.05) is 23.1 Å². The number of Topliss-reactive ketones (excluding diaryl/α,β-unsaturated/α-hetero) is 1. The summed E-state index contributed by atoms with van der Waals surface area (Å²) in [6, 6.07) is 5.58. The third kappa shape index (κ3) is 3.21. The number of ketones is 1. The molecule has 132 valence electrons. The van der Waals surface area contributed by atoms with Gasteiger partial charge >= 0.3 is 0 Å². The fourth-order valence-corrected chi connectivity index (χ4v) is 4.34. The first-order chi connectivity index (χ1) is 12.1. The Morgan fingerprint density at radius 1 is 1.24 bits per heavy atom. The zero-order valence-corrected chi connectivity index (χ0v) is 14.5. The average molecular weight is 339 g/mol. The molecule has 2 aliphatic heterocycles. The van der Waals surface area contributed by atoms with Crippen molar-refractivity contribution in [2.45, 2.75) is 38.1 Å². The van der Waals surface area contributed by atoms with Crippen LogP contribution in [0.2, 0.25) is 0 Å². The van der Waals surface area contributed by atoms with E-state index in [9.17, 15) is 9.59 Å². The summed E-state index contributed by atoms with van der Waals surface area (Å²) in [6.07, 6.45) is 6.24. The van der Waals surface area contributed by atoms with Crippen LogP contribution in [-0.4, -0.2) is 42.3 Å². The Balaban J connectivity index is 1.42. The molecular weight excluding hydrogens is 314 g/mol. The Morgan fingerprint density at radius 3 is 2.84 bits per heavy atom. The average Bonchev–Trinajstić information content (AvgIpc) is 3.33. The lowest BCUT2D eigenvalue weighted by molar-refractivity contribution is -0.136. The molecule has 2 saturated heterocycles. The first-order valence-electron chi connectivity index (χ1n) is 9.24. The van der Waals surface area contributed by atoms with Gasteiger partial charge in [-0.3, -0.25) is 9.59 Å². The number of nitrogens with two attached hydrogens (primary N) is 1. The number of hydrogen-bond donors (Lipinski definition) is 2. The van der Waals surface area contributed by atoms with Crippen LogP contribution in [-0.2, 0) is 16.0 Å². The minimum absolute atomic E-state index is 0.116. The van der Waals surface area contributed by atoms with Crippen LogP contribution in [0.5, 0.6) is 0 Å². The van der Waals surface area contributed by atoms with Crippen LogP contribution in [0.3, 0.4) is 0 Å². The number of carbonyl (C=O) groups excluding carboxylic acids is 2. The Bertz CT molecular complexity index is 734. The van der Waals surface area contributed by atoms with E-state index < -0.39 is 0 Å². The maximum atomic E-state index is 12.9. The number of allylic oxidation sites excluding steroid dienone is 1. The second kappa shape index (κ2) is 6.64. The highest BCUT2D eigenvalue weighted by Gasteiger charge is 2.39. The smallest absolute Gasteiger partial charge is 0.240 e. The number of nitrogen functional groups attached to an aromatic ring is 1. The Hall–Kier alpha value is -2.14. The van der Waals surface area contributed by atoms with Crippen molar-refractivity contribution in [2.75, 3.05) is 25.4 Å². The van der Waals surface area contributed by atoms with Crippen LogP contribution in [0.25, 0.3) is 6.08 Å². The number of likely N-dealkylation sites (tertiary alicyclic amines) is 1. The topological polar surface area (TPSA) is 75.4 Å². The normalized spacial score (nSPS) is 25.1. The molecule has 1 aromatic rings. The molecule has 1 aliphatic carbocycles. The maximum Gasteiger partial charge on any atom is 0.240 e. The third-order valence-electron chi connectivity index (χ3n) is 5.67. The Kier molecular flexibility index (Phi) is 4.34. The molecule has 3 N–H and O–H groups in total. The number of amides is 1. The van der Waals surface area contributed by atoms with Crippen molar-refractivity contribution in [3.63, 3.8) is 0 Å².